The molecular formula is C22H20FN7O. The van der Waals surface area contributed by atoms with Gasteiger partial charge in [-0.15, -0.1) is 0 Å². The van der Waals surface area contributed by atoms with Crippen molar-refractivity contribution in [2.24, 2.45) is 0 Å². The molecule has 2 aromatic heterocycles. The number of benzene rings is 2. The van der Waals surface area contributed by atoms with Crippen molar-refractivity contribution < 1.29 is 9.50 Å². The second kappa shape index (κ2) is 9.59. The van der Waals surface area contributed by atoms with Crippen LogP contribution in [-0.2, 0) is 13.2 Å². The molecule has 4 N–H and O–H groups in total. The van der Waals surface area contributed by atoms with Crippen LogP contribution in [-0.4, -0.2) is 25.0 Å². The smallest absolute Gasteiger partial charge is 0.233 e. The highest BCUT2D eigenvalue weighted by molar-refractivity contribution is 5.59. The van der Waals surface area contributed by atoms with Crippen LogP contribution in [0.2, 0.25) is 0 Å². The predicted octanol–water partition coefficient (Wildman–Crippen LogP) is 4.00. The Balaban J connectivity index is 1.57. The fraction of sp³-hybridized carbons (Fsp3) is 0.0909. The lowest BCUT2D eigenvalue weighted by atomic mass is 10.2. The number of nitrogens with zero attached hydrogens (tertiary/aromatic N) is 4. The van der Waals surface area contributed by atoms with Crippen LogP contribution in [0.3, 0.4) is 0 Å². The minimum Gasteiger partial charge on any atom is -0.390 e. The molecular weight excluding hydrogens is 397 g/mol. The van der Waals surface area contributed by atoms with E-state index in [0.717, 1.165) is 11.3 Å². The van der Waals surface area contributed by atoms with Crippen molar-refractivity contribution in [3.05, 3.63) is 90.0 Å². The Bertz CT molecular complexity index is 1140. The molecule has 0 aliphatic rings. The summed E-state index contributed by atoms with van der Waals surface area (Å²) >= 11 is 0. The molecule has 2 heterocycles. The van der Waals surface area contributed by atoms with Crippen molar-refractivity contribution >= 4 is 29.2 Å². The number of aliphatic hydroxyl groups excluding tert-OH is 1. The molecule has 0 saturated heterocycles. The first kappa shape index (κ1) is 20.2. The predicted molar refractivity (Wildman–Crippen MR) is 117 cm³/mol. The number of hydrogen-bond donors (Lipinski definition) is 4. The monoisotopic (exact) mass is 417 g/mol. The number of pyridine rings is 1. The van der Waals surface area contributed by atoms with Gasteiger partial charge >= 0.3 is 0 Å². The van der Waals surface area contributed by atoms with E-state index < -0.39 is 0 Å². The molecule has 0 bridgehead atoms. The Labute approximate surface area is 178 Å². The van der Waals surface area contributed by atoms with Crippen molar-refractivity contribution in [1.82, 2.24) is 19.9 Å². The molecule has 0 radical (unpaired) electrons. The van der Waals surface area contributed by atoms with E-state index in [1.165, 1.54) is 12.1 Å². The molecule has 31 heavy (non-hydrogen) atoms. The normalized spacial score (nSPS) is 10.5. The van der Waals surface area contributed by atoms with E-state index in [1.807, 2.05) is 36.4 Å². The van der Waals surface area contributed by atoms with E-state index in [0.29, 0.717) is 35.8 Å². The summed E-state index contributed by atoms with van der Waals surface area (Å²) in [5.41, 5.74) is 2.98. The van der Waals surface area contributed by atoms with Crippen LogP contribution in [0, 0.1) is 5.82 Å². The molecule has 0 fully saturated rings. The zero-order chi connectivity index (χ0) is 21.5. The van der Waals surface area contributed by atoms with Gasteiger partial charge in [-0.25, -0.2) is 4.39 Å². The van der Waals surface area contributed by atoms with Crippen molar-refractivity contribution in [2.75, 3.05) is 16.0 Å². The average Bonchev–Trinajstić information content (AvgIpc) is 2.80. The van der Waals surface area contributed by atoms with Crippen LogP contribution in [0.25, 0.3) is 0 Å². The van der Waals surface area contributed by atoms with Gasteiger partial charge < -0.3 is 21.1 Å². The standard InChI is InChI=1S/C22H20FN7O/c23-16-6-8-18(9-7-16)27-22-29-20(25-13-15-10-11-24-19(12-15)14-31)28-21(30-22)26-17-4-2-1-3-5-17/h1-12,31H,13-14H2,(H3,25,26,27,28,29,30). The van der Waals surface area contributed by atoms with E-state index in [9.17, 15) is 9.50 Å². The molecule has 8 nitrogen and oxygen atoms in total. The highest BCUT2D eigenvalue weighted by atomic mass is 19.1. The van der Waals surface area contributed by atoms with E-state index >= 15 is 0 Å². The zero-order valence-electron chi connectivity index (χ0n) is 16.5. The van der Waals surface area contributed by atoms with Crippen molar-refractivity contribution in [2.45, 2.75) is 13.2 Å². The maximum absolute atomic E-state index is 13.2. The molecule has 0 amide bonds. The molecule has 0 saturated carbocycles. The Morgan fingerprint density at radius 1 is 0.774 bits per heavy atom. The number of rotatable bonds is 8. The molecule has 9 heteroatoms. The summed E-state index contributed by atoms with van der Waals surface area (Å²) in [4.78, 5) is 17.3. The first-order chi connectivity index (χ1) is 15.2. The van der Waals surface area contributed by atoms with Gasteiger partial charge in [-0.1, -0.05) is 18.2 Å². The van der Waals surface area contributed by atoms with Gasteiger partial charge in [0.05, 0.1) is 12.3 Å². The number of halogens is 1. The number of hydrogen-bond acceptors (Lipinski definition) is 8. The molecule has 4 rings (SSSR count). The van der Waals surface area contributed by atoms with Crippen LogP contribution in [0.5, 0.6) is 0 Å². The molecule has 0 spiro atoms. The van der Waals surface area contributed by atoms with E-state index in [1.54, 1.807) is 24.4 Å². The Hall–Kier alpha value is -4.11. The van der Waals surface area contributed by atoms with Crippen LogP contribution < -0.4 is 16.0 Å². The third kappa shape index (κ3) is 5.71. The summed E-state index contributed by atoms with van der Waals surface area (Å²) in [6, 6.07) is 19.1. The van der Waals surface area contributed by atoms with E-state index in [4.69, 9.17) is 0 Å². The van der Waals surface area contributed by atoms with Crippen molar-refractivity contribution in [3.63, 3.8) is 0 Å². The van der Waals surface area contributed by atoms with Crippen molar-refractivity contribution in [3.8, 4) is 0 Å². The minimum absolute atomic E-state index is 0.128. The molecule has 156 valence electrons. The van der Waals surface area contributed by atoms with Gasteiger partial charge in [-0.3, -0.25) is 4.98 Å². The highest BCUT2D eigenvalue weighted by Crippen LogP contribution is 2.19. The van der Waals surface area contributed by atoms with Gasteiger partial charge in [0, 0.05) is 24.1 Å². The third-order valence-corrected chi connectivity index (χ3v) is 4.26. The summed E-state index contributed by atoms with van der Waals surface area (Å²) in [6.07, 6.45) is 1.64. The maximum Gasteiger partial charge on any atom is 0.233 e. The lowest BCUT2D eigenvalue weighted by Crippen LogP contribution is -2.10. The van der Waals surface area contributed by atoms with Crippen LogP contribution in [0.15, 0.2) is 72.9 Å². The largest absolute Gasteiger partial charge is 0.390 e. The molecule has 0 aliphatic heterocycles. The van der Waals surface area contributed by atoms with Crippen LogP contribution in [0.4, 0.5) is 33.6 Å². The first-order valence-corrected chi connectivity index (χ1v) is 9.57. The number of aromatic nitrogens is 4. The molecule has 0 unspecified atom stereocenters. The van der Waals surface area contributed by atoms with Gasteiger partial charge in [0.1, 0.15) is 5.82 Å². The number of nitrogens with one attached hydrogen (secondary N) is 3. The molecule has 0 atom stereocenters. The fourth-order valence-corrected chi connectivity index (χ4v) is 2.79. The van der Waals surface area contributed by atoms with Crippen molar-refractivity contribution in [1.29, 1.82) is 0 Å². The van der Waals surface area contributed by atoms with Crippen LogP contribution >= 0.6 is 0 Å². The quantitative estimate of drug-likeness (QED) is 0.341. The van der Waals surface area contributed by atoms with Gasteiger partial charge in [0.25, 0.3) is 0 Å². The molecule has 2 aromatic carbocycles. The summed E-state index contributed by atoms with van der Waals surface area (Å²) in [7, 11) is 0. The summed E-state index contributed by atoms with van der Waals surface area (Å²) in [5.74, 6) is 0.669. The summed E-state index contributed by atoms with van der Waals surface area (Å²) < 4.78 is 13.2. The van der Waals surface area contributed by atoms with E-state index in [2.05, 4.69) is 35.9 Å². The third-order valence-electron chi connectivity index (χ3n) is 4.26. The number of aliphatic hydroxyl groups is 1. The van der Waals surface area contributed by atoms with Gasteiger partial charge in [-0.2, -0.15) is 15.0 Å². The molecule has 0 aliphatic carbocycles. The summed E-state index contributed by atoms with van der Waals surface area (Å²) in [6.45, 7) is 0.302. The topological polar surface area (TPSA) is 108 Å². The second-order valence-corrected chi connectivity index (χ2v) is 6.60. The second-order valence-electron chi connectivity index (χ2n) is 6.60. The Kier molecular flexibility index (Phi) is 6.24. The lowest BCUT2D eigenvalue weighted by molar-refractivity contribution is 0.276. The highest BCUT2D eigenvalue weighted by Gasteiger charge is 2.08. The lowest BCUT2D eigenvalue weighted by Gasteiger charge is -2.12. The Morgan fingerprint density at radius 3 is 2.10 bits per heavy atom. The Morgan fingerprint density at radius 2 is 1.42 bits per heavy atom. The SMILES string of the molecule is OCc1cc(CNc2nc(Nc3ccccc3)nc(Nc3ccc(F)cc3)n2)ccn1. The summed E-state index contributed by atoms with van der Waals surface area (Å²) in [5, 5.41) is 18.6. The molecule has 4 aromatic rings. The fourth-order valence-electron chi connectivity index (χ4n) is 2.79. The van der Waals surface area contributed by atoms with Gasteiger partial charge in [-0.05, 0) is 54.1 Å². The first-order valence-electron chi connectivity index (χ1n) is 9.57. The maximum atomic E-state index is 13.2. The van der Waals surface area contributed by atoms with Gasteiger partial charge in [0.2, 0.25) is 17.8 Å². The minimum atomic E-state index is -0.324. The zero-order valence-corrected chi connectivity index (χ0v) is 16.5. The average molecular weight is 417 g/mol. The van der Waals surface area contributed by atoms with E-state index in [-0.39, 0.29) is 12.4 Å². The van der Waals surface area contributed by atoms with Gasteiger partial charge in [0.15, 0.2) is 0 Å². The number of anilines is 5. The number of para-hydroxylation sites is 1. The van der Waals surface area contributed by atoms with Crippen LogP contribution in [0.1, 0.15) is 11.3 Å².